The second-order valence-electron chi connectivity index (χ2n) is 6.29. The molecule has 7 heteroatoms. The monoisotopic (exact) mass is 320 g/mol. The first kappa shape index (κ1) is 18.4. The molecular formula is C14H28N2O4S. The molecule has 0 aliphatic carbocycles. The van der Waals surface area contributed by atoms with Crippen LogP contribution in [0.5, 0.6) is 0 Å². The average molecular weight is 320 g/mol. The van der Waals surface area contributed by atoms with Crippen molar-refractivity contribution in [2.75, 3.05) is 32.4 Å². The predicted octanol–water partition coefficient (Wildman–Crippen LogP) is 1.23. The van der Waals surface area contributed by atoms with Gasteiger partial charge in [-0.2, -0.15) is 0 Å². The molecule has 21 heavy (non-hydrogen) atoms. The summed E-state index contributed by atoms with van der Waals surface area (Å²) in [5.41, 5.74) is 0. The summed E-state index contributed by atoms with van der Waals surface area (Å²) < 4.78 is 26.2. The minimum atomic E-state index is -3.18. The molecule has 1 saturated heterocycles. The Bertz CT molecular complexity index is 436. The first-order chi connectivity index (χ1) is 9.72. The molecule has 1 N–H and O–H groups in total. The first-order valence-electron chi connectivity index (χ1n) is 7.62. The number of likely N-dealkylation sites (N-methyl/N-ethyl adjacent to an activating group) is 1. The SMILES string of the molecule is CC(C)CCS(=O)(=O)N1CCCC(N(C)CC(=O)O)CC1. The third-order valence-corrected chi connectivity index (χ3v) is 5.91. The summed E-state index contributed by atoms with van der Waals surface area (Å²) in [6.45, 7) is 5.10. The zero-order valence-corrected chi connectivity index (χ0v) is 14.1. The van der Waals surface area contributed by atoms with E-state index < -0.39 is 16.0 Å². The fraction of sp³-hybridized carbons (Fsp3) is 0.929. The van der Waals surface area contributed by atoms with Gasteiger partial charge in [-0.05, 0) is 38.6 Å². The van der Waals surface area contributed by atoms with Crippen molar-refractivity contribution in [1.82, 2.24) is 9.21 Å². The third-order valence-electron chi connectivity index (χ3n) is 4.01. The number of rotatable bonds is 7. The molecule has 1 heterocycles. The molecule has 0 aromatic carbocycles. The van der Waals surface area contributed by atoms with E-state index >= 15 is 0 Å². The standard InChI is InChI=1S/C14H28N2O4S/c1-12(2)7-10-21(19,20)16-8-4-5-13(6-9-16)15(3)11-14(17)18/h12-13H,4-11H2,1-3H3,(H,17,18). The van der Waals surface area contributed by atoms with E-state index in [0.717, 1.165) is 12.8 Å². The van der Waals surface area contributed by atoms with Crippen LogP contribution in [0.2, 0.25) is 0 Å². The lowest BCUT2D eigenvalue weighted by atomic mass is 10.1. The zero-order valence-electron chi connectivity index (χ0n) is 13.3. The Kier molecular flexibility index (Phi) is 7.09. The van der Waals surface area contributed by atoms with Gasteiger partial charge >= 0.3 is 5.97 Å². The fourth-order valence-corrected chi connectivity index (χ4v) is 4.45. The van der Waals surface area contributed by atoms with Gasteiger partial charge in [0.15, 0.2) is 0 Å². The number of nitrogens with zero attached hydrogens (tertiary/aromatic N) is 2. The summed E-state index contributed by atoms with van der Waals surface area (Å²) in [6, 6.07) is 0.145. The molecule has 0 spiro atoms. The fourth-order valence-electron chi connectivity index (χ4n) is 2.63. The number of aliphatic carboxylic acids is 1. The summed E-state index contributed by atoms with van der Waals surface area (Å²) in [6.07, 6.45) is 3.02. The van der Waals surface area contributed by atoms with E-state index in [1.54, 1.807) is 11.4 Å². The van der Waals surface area contributed by atoms with Crippen LogP contribution in [0.1, 0.15) is 39.5 Å². The second-order valence-corrected chi connectivity index (χ2v) is 8.38. The van der Waals surface area contributed by atoms with Gasteiger partial charge in [0, 0.05) is 19.1 Å². The van der Waals surface area contributed by atoms with Gasteiger partial charge in [0.2, 0.25) is 10.0 Å². The molecule has 1 unspecified atom stereocenters. The van der Waals surface area contributed by atoms with Gasteiger partial charge in [0.1, 0.15) is 0 Å². The number of carboxylic acid groups (broad SMARTS) is 1. The maximum Gasteiger partial charge on any atom is 0.317 e. The maximum atomic E-state index is 12.3. The van der Waals surface area contributed by atoms with Crippen molar-refractivity contribution in [3.05, 3.63) is 0 Å². The molecule has 1 fully saturated rings. The molecule has 1 atom stereocenters. The van der Waals surface area contributed by atoms with Crippen molar-refractivity contribution in [1.29, 1.82) is 0 Å². The van der Waals surface area contributed by atoms with Crippen molar-refractivity contribution in [2.45, 2.75) is 45.6 Å². The van der Waals surface area contributed by atoms with E-state index in [1.807, 2.05) is 18.7 Å². The van der Waals surface area contributed by atoms with E-state index in [0.29, 0.717) is 31.8 Å². The normalized spacial score (nSPS) is 21.7. The molecular weight excluding hydrogens is 292 g/mol. The number of carboxylic acids is 1. The Morgan fingerprint density at radius 2 is 2.00 bits per heavy atom. The number of hydrogen-bond donors (Lipinski definition) is 1. The Balaban J connectivity index is 2.57. The van der Waals surface area contributed by atoms with Crippen molar-refractivity contribution in [3.63, 3.8) is 0 Å². The van der Waals surface area contributed by atoms with Gasteiger partial charge in [0.25, 0.3) is 0 Å². The molecule has 0 amide bonds. The van der Waals surface area contributed by atoms with Crippen LogP contribution < -0.4 is 0 Å². The molecule has 1 rings (SSSR count). The van der Waals surface area contributed by atoms with Gasteiger partial charge < -0.3 is 5.11 Å². The van der Waals surface area contributed by atoms with Gasteiger partial charge in [0.05, 0.1) is 12.3 Å². The largest absolute Gasteiger partial charge is 0.480 e. The maximum absolute atomic E-state index is 12.3. The lowest BCUT2D eigenvalue weighted by Gasteiger charge is -2.25. The van der Waals surface area contributed by atoms with Crippen LogP contribution in [0.25, 0.3) is 0 Å². The topological polar surface area (TPSA) is 77.9 Å². The number of hydrogen-bond acceptors (Lipinski definition) is 4. The van der Waals surface area contributed by atoms with E-state index in [1.165, 1.54) is 0 Å². The highest BCUT2D eigenvalue weighted by molar-refractivity contribution is 7.89. The molecule has 0 bridgehead atoms. The van der Waals surface area contributed by atoms with Gasteiger partial charge in [-0.3, -0.25) is 9.69 Å². The Hall–Kier alpha value is -0.660. The van der Waals surface area contributed by atoms with Crippen molar-refractivity contribution < 1.29 is 18.3 Å². The zero-order chi connectivity index (χ0) is 16.0. The van der Waals surface area contributed by atoms with Crippen molar-refractivity contribution in [3.8, 4) is 0 Å². The van der Waals surface area contributed by atoms with Crippen LogP contribution in [0.4, 0.5) is 0 Å². The minimum Gasteiger partial charge on any atom is -0.480 e. The third kappa shape index (κ3) is 6.32. The molecule has 0 radical (unpaired) electrons. The van der Waals surface area contributed by atoms with Crippen LogP contribution in [-0.2, 0) is 14.8 Å². The van der Waals surface area contributed by atoms with Crippen LogP contribution in [0.15, 0.2) is 0 Å². The Morgan fingerprint density at radius 3 is 2.57 bits per heavy atom. The van der Waals surface area contributed by atoms with Gasteiger partial charge in [-0.25, -0.2) is 12.7 Å². The van der Waals surface area contributed by atoms with Crippen LogP contribution in [0.3, 0.4) is 0 Å². The molecule has 1 aliphatic rings. The minimum absolute atomic E-state index is 0.00473. The van der Waals surface area contributed by atoms with Crippen molar-refractivity contribution >= 4 is 16.0 Å². The summed E-state index contributed by atoms with van der Waals surface area (Å²) in [5, 5.41) is 8.84. The molecule has 0 aromatic heterocycles. The molecule has 124 valence electrons. The van der Waals surface area contributed by atoms with E-state index in [4.69, 9.17) is 5.11 Å². The highest BCUT2D eigenvalue weighted by Gasteiger charge is 2.27. The van der Waals surface area contributed by atoms with Crippen LogP contribution in [-0.4, -0.2) is 67.2 Å². The number of sulfonamides is 1. The first-order valence-corrected chi connectivity index (χ1v) is 9.23. The second kappa shape index (κ2) is 8.10. The van der Waals surface area contributed by atoms with E-state index in [2.05, 4.69) is 0 Å². The predicted molar refractivity (Wildman–Crippen MR) is 82.7 cm³/mol. The summed E-state index contributed by atoms with van der Waals surface area (Å²) >= 11 is 0. The van der Waals surface area contributed by atoms with E-state index in [-0.39, 0.29) is 18.3 Å². The van der Waals surface area contributed by atoms with Gasteiger partial charge in [-0.15, -0.1) is 0 Å². The molecule has 0 saturated carbocycles. The summed E-state index contributed by atoms with van der Waals surface area (Å²) in [4.78, 5) is 12.6. The molecule has 1 aliphatic heterocycles. The van der Waals surface area contributed by atoms with Gasteiger partial charge in [-0.1, -0.05) is 13.8 Å². The highest BCUT2D eigenvalue weighted by atomic mass is 32.2. The Labute approximate surface area is 128 Å². The lowest BCUT2D eigenvalue weighted by molar-refractivity contribution is -0.138. The summed E-state index contributed by atoms with van der Waals surface area (Å²) in [5.74, 6) is -0.260. The highest BCUT2D eigenvalue weighted by Crippen LogP contribution is 2.19. The van der Waals surface area contributed by atoms with Crippen LogP contribution in [0, 0.1) is 5.92 Å². The van der Waals surface area contributed by atoms with Crippen molar-refractivity contribution in [2.24, 2.45) is 5.92 Å². The number of carbonyl (C=O) groups is 1. The Morgan fingerprint density at radius 1 is 1.33 bits per heavy atom. The van der Waals surface area contributed by atoms with E-state index in [9.17, 15) is 13.2 Å². The quantitative estimate of drug-likeness (QED) is 0.763. The lowest BCUT2D eigenvalue weighted by Crippen LogP contribution is -2.38. The summed E-state index contributed by atoms with van der Waals surface area (Å²) in [7, 11) is -1.38. The molecule has 6 nitrogen and oxygen atoms in total. The molecule has 0 aromatic rings. The van der Waals surface area contributed by atoms with Crippen LogP contribution >= 0.6 is 0 Å². The smallest absolute Gasteiger partial charge is 0.317 e. The average Bonchev–Trinajstić information content (AvgIpc) is 2.62.